The number of thiophene rings is 1. The van der Waals surface area contributed by atoms with E-state index in [2.05, 4.69) is 17.6 Å². The molecule has 2 rings (SSSR count). The molecule has 0 amide bonds. The maximum absolute atomic E-state index is 6.14. The highest BCUT2D eigenvalue weighted by Crippen LogP contribution is 2.36. The molecule has 0 radical (unpaired) electrons. The SMILES string of the molecule is NNC(CCc1ccccc1)c1cc(Cl)sc1Cl. The van der Waals surface area contributed by atoms with Crippen molar-refractivity contribution >= 4 is 34.5 Å². The lowest BCUT2D eigenvalue weighted by Gasteiger charge is -2.15. The molecule has 0 aliphatic carbocycles. The van der Waals surface area contributed by atoms with Crippen LogP contribution >= 0.6 is 34.5 Å². The van der Waals surface area contributed by atoms with Crippen molar-refractivity contribution in [1.82, 2.24) is 5.43 Å². The van der Waals surface area contributed by atoms with Gasteiger partial charge in [0, 0.05) is 11.6 Å². The van der Waals surface area contributed by atoms with Gasteiger partial charge < -0.3 is 0 Å². The first kappa shape index (κ1) is 13.8. The van der Waals surface area contributed by atoms with E-state index in [0.29, 0.717) is 8.67 Å². The minimum absolute atomic E-state index is 0.0291. The molecule has 0 aliphatic rings. The van der Waals surface area contributed by atoms with Crippen molar-refractivity contribution in [2.75, 3.05) is 0 Å². The topological polar surface area (TPSA) is 38.0 Å². The van der Waals surface area contributed by atoms with Crippen LogP contribution in [0.2, 0.25) is 8.67 Å². The first-order chi connectivity index (χ1) is 8.70. The summed E-state index contributed by atoms with van der Waals surface area (Å²) < 4.78 is 1.39. The second kappa shape index (κ2) is 6.55. The number of benzene rings is 1. The van der Waals surface area contributed by atoms with Gasteiger partial charge in [0.1, 0.15) is 0 Å². The van der Waals surface area contributed by atoms with Crippen LogP contribution in [0.4, 0.5) is 0 Å². The fourth-order valence-electron chi connectivity index (χ4n) is 1.87. The first-order valence-corrected chi connectivity index (χ1v) is 7.22. The molecule has 0 aliphatic heterocycles. The number of rotatable bonds is 5. The van der Waals surface area contributed by atoms with Gasteiger partial charge in [-0.15, -0.1) is 11.3 Å². The predicted molar refractivity (Wildman–Crippen MR) is 79.2 cm³/mol. The van der Waals surface area contributed by atoms with Gasteiger partial charge in [0.05, 0.1) is 8.67 Å². The maximum atomic E-state index is 6.14. The van der Waals surface area contributed by atoms with Crippen molar-refractivity contribution in [2.45, 2.75) is 18.9 Å². The monoisotopic (exact) mass is 300 g/mol. The molecule has 1 heterocycles. The van der Waals surface area contributed by atoms with Crippen molar-refractivity contribution in [3.8, 4) is 0 Å². The average Bonchev–Trinajstić information content (AvgIpc) is 2.71. The number of halogens is 2. The summed E-state index contributed by atoms with van der Waals surface area (Å²) in [5.41, 5.74) is 5.07. The number of nitrogens with two attached hydrogens (primary N) is 1. The maximum Gasteiger partial charge on any atom is 0.0992 e. The molecule has 0 fully saturated rings. The Balaban J connectivity index is 2.04. The van der Waals surface area contributed by atoms with Gasteiger partial charge in [-0.1, -0.05) is 53.5 Å². The smallest absolute Gasteiger partial charge is 0.0992 e. The molecule has 2 nitrogen and oxygen atoms in total. The van der Waals surface area contributed by atoms with E-state index in [0.717, 1.165) is 18.4 Å². The molecule has 1 unspecified atom stereocenters. The van der Waals surface area contributed by atoms with E-state index < -0.39 is 0 Å². The molecular formula is C13H14Cl2N2S. The Kier molecular flexibility index (Phi) is 5.03. The van der Waals surface area contributed by atoms with E-state index in [-0.39, 0.29) is 6.04 Å². The van der Waals surface area contributed by atoms with Gasteiger partial charge in [-0.3, -0.25) is 11.3 Å². The minimum Gasteiger partial charge on any atom is -0.271 e. The molecule has 0 bridgehead atoms. The summed E-state index contributed by atoms with van der Waals surface area (Å²) in [5, 5.41) is 0. The van der Waals surface area contributed by atoms with E-state index >= 15 is 0 Å². The van der Waals surface area contributed by atoms with Gasteiger partial charge in [-0.2, -0.15) is 0 Å². The Labute approximate surface area is 121 Å². The molecular weight excluding hydrogens is 287 g/mol. The van der Waals surface area contributed by atoms with Gasteiger partial charge in [0.25, 0.3) is 0 Å². The van der Waals surface area contributed by atoms with Crippen LogP contribution in [-0.2, 0) is 6.42 Å². The third-order valence-corrected chi connectivity index (χ3v) is 4.34. The van der Waals surface area contributed by atoms with Crippen LogP contribution in [0.15, 0.2) is 36.4 Å². The molecule has 0 spiro atoms. The fourth-order valence-corrected chi connectivity index (χ4v) is 3.45. The van der Waals surface area contributed by atoms with Gasteiger partial charge in [0.15, 0.2) is 0 Å². The van der Waals surface area contributed by atoms with Crippen molar-refractivity contribution < 1.29 is 0 Å². The summed E-state index contributed by atoms with van der Waals surface area (Å²) in [7, 11) is 0. The summed E-state index contributed by atoms with van der Waals surface area (Å²) in [4.78, 5) is 0. The number of aryl methyl sites for hydroxylation is 1. The van der Waals surface area contributed by atoms with Crippen LogP contribution in [0.5, 0.6) is 0 Å². The van der Waals surface area contributed by atoms with E-state index in [4.69, 9.17) is 29.0 Å². The normalized spacial score (nSPS) is 12.6. The van der Waals surface area contributed by atoms with Gasteiger partial charge >= 0.3 is 0 Å². The summed E-state index contributed by atoms with van der Waals surface area (Å²) in [6.45, 7) is 0. The molecule has 2 aromatic rings. The lowest BCUT2D eigenvalue weighted by atomic mass is 10.0. The molecule has 1 aromatic carbocycles. The number of hydrazine groups is 1. The predicted octanol–water partition coefficient (Wildman–Crippen LogP) is 4.19. The lowest BCUT2D eigenvalue weighted by molar-refractivity contribution is 0.518. The highest BCUT2D eigenvalue weighted by Gasteiger charge is 2.16. The van der Waals surface area contributed by atoms with E-state index in [9.17, 15) is 0 Å². The van der Waals surface area contributed by atoms with Crippen molar-refractivity contribution in [2.24, 2.45) is 5.84 Å². The molecule has 5 heteroatoms. The standard InChI is InChI=1S/C13H14Cl2N2S/c14-12-8-10(13(15)18-12)11(17-16)7-6-9-4-2-1-3-5-9/h1-5,8,11,17H,6-7,16H2. The second-order valence-electron chi connectivity index (χ2n) is 4.02. The van der Waals surface area contributed by atoms with Crippen LogP contribution in [0.25, 0.3) is 0 Å². The Hall–Kier alpha value is -0.580. The highest BCUT2D eigenvalue weighted by atomic mass is 35.5. The zero-order valence-corrected chi connectivity index (χ0v) is 12.0. The zero-order chi connectivity index (χ0) is 13.0. The summed E-state index contributed by atoms with van der Waals surface area (Å²) in [6.07, 6.45) is 1.83. The van der Waals surface area contributed by atoms with Crippen molar-refractivity contribution in [3.05, 3.63) is 56.2 Å². The summed E-state index contributed by atoms with van der Waals surface area (Å²) >= 11 is 13.5. The Morgan fingerprint density at radius 3 is 2.50 bits per heavy atom. The summed E-state index contributed by atoms with van der Waals surface area (Å²) in [6, 6.07) is 12.2. The lowest BCUT2D eigenvalue weighted by Crippen LogP contribution is -2.28. The quantitative estimate of drug-likeness (QED) is 0.642. The van der Waals surface area contributed by atoms with E-state index in [1.807, 2.05) is 24.3 Å². The highest BCUT2D eigenvalue weighted by molar-refractivity contribution is 7.20. The second-order valence-corrected chi connectivity index (χ2v) is 6.31. The largest absolute Gasteiger partial charge is 0.271 e. The van der Waals surface area contributed by atoms with E-state index in [1.54, 1.807) is 0 Å². The first-order valence-electron chi connectivity index (χ1n) is 5.65. The van der Waals surface area contributed by atoms with Crippen LogP contribution in [-0.4, -0.2) is 0 Å². The van der Waals surface area contributed by atoms with Gasteiger partial charge in [-0.05, 0) is 24.5 Å². The number of hydrogen-bond donors (Lipinski definition) is 2. The zero-order valence-electron chi connectivity index (χ0n) is 9.70. The molecule has 0 saturated heterocycles. The van der Waals surface area contributed by atoms with Gasteiger partial charge in [-0.25, -0.2) is 0 Å². The Morgan fingerprint density at radius 2 is 1.94 bits per heavy atom. The number of nitrogens with one attached hydrogen (secondary N) is 1. The average molecular weight is 301 g/mol. The Morgan fingerprint density at radius 1 is 1.22 bits per heavy atom. The Bertz CT molecular complexity index is 499. The molecule has 18 heavy (non-hydrogen) atoms. The van der Waals surface area contributed by atoms with Crippen LogP contribution in [0.1, 0.15) is 23.6 Å². The molecule has 1 aromatic heterocycles. The van der Waals surface area contributed by atoms with Crippen molar-refractivity contribution in [3.63, 3.8) is 0 Å². The number of hydrogen-bond acceptors (Lipinski definition) is 3. The minimum atomic E-state index is 0.0291. The van der Waals surface area contributed by atoms with E-state index in [1.165, 1.54) is 16.9 Å². The molecule has 1 atom stereocenters. The fraction of sp³-hybridized carbons (Fsp3) is 0.231. The molecule has 0 saturated carbocycles. The van der Waals surface area contributed by atoms with Crippen LogP contribution in [0.3, 0.4) is 0 Å². The third-order valence-electron chi connectivity index (χ3n) is 2.82. The molecule has 3 N–H and O–H groups in total. The summed E-state index contributed by atoms with van der Waals surface area (Å²) in [5.74, 6) is 5.60. The van der Waals surface area contributed by atoms with Gasteiger partial charge in [0.2, 0.25) is 0 Å². The molecule has 96 valence electrons. The van der Waals surface area contributed by atoms with Crippen LogP contribution in [0, 0.1) is 0 Å². The third kappa shape index (κ3) is 3.46. The van der Waals surface area contributed by atoms with Crippen molar-refractivity contribution in [1.29, 1.82) is 0 Å². The van der Waals surface area contributed by atoms with Crippen LogP contribution < -0.4 is 11.3 Å².